The molecule has 0 saturated carbocycles. The van der Waals surface area contributed by atoms with Crippen molar-refractivity contribution < 1.29 is 9.47 Å². The number of hydrogen-bond donors (Lipinski definition) is 0. The fourth-order valence-electron chi connectivity index (χ4n) is 1.62. The minimum atomic E-state index is 0.323. The van der Waals surface area contributed by atoms with Gasteiger partial charge >= 0.3 is 0 Å². The molecule has 2 aromatic rings. The quantitative estimate of drug-likeness (QED) is 0.741. The number of fused-ring (bicyclic) bond motifs is 3. The minimum Gasteiger partial charge on any atom is -0.454 e. The molecule has 0 spiro atoms. The van der Waals surface area contributed by atoms with Crippen LogP contribution in [0, 0.1) is 0 Å². The molecule has 1 aromatic carbocycles. The van der Waals surface area contributed by atoms with E-state index in [1.807, 2.05) is 12.1 Å². The van der Waals surface area contributed by atoms with Crippen LogP contribution in [0.1, 0.15) is 24.8 Å². The molecular weight excluding hydrogens is 210 g/mol. The van der Waals surface area contributed by atoms with E-state index in [-0.39, 0.29) is 0 Å². The molecule has 0 radical (unpaired) electrons. The van der Waals surface area contributed by atoms with Crippen LogP contribution in [-0.2, 0) is 0 Å². The molecule has 0 unspecified atom stereocenters. The summed E-state index contributed by atoms with van der Waals surface area (Å²) in [6.07, 6.45) is 0. The van der Waals surface area contributed by atoms with Crippen molar-refractivity contribution in [3.8, 4) is 11.5 Å². The maximum Gasteiger partial charge on any atom is 0.231 e. The summed E-state index contributed by atoms with van der Waals surface area (Å²) in [6, 6.07) is 3.92. The summed E-state index contributed by atoms with van der Waals surface area (Å²) < 4.78 is 11.9. The molecule has 4 heteroatoms. The Labute approximate surface area is 91.7 Å². The Hall–Kier alpha value is -1.29. The van der Waals surface area contributed by atoms with Crippen LogP contribution in [0.3, 0.4) is 0 Å². The summed E-state index contributed by atoms with van der Waals surface area (Å²) in [7, 11) is 0. The number of ether oxygens (including phenoxy) is 2. The van der Waals surface area contributed by atoms with Gasteiger partial charge in [0.1, 0.15) is 4.70 Å². The predicted molar refractivity (Wildman–Crippen MR) is 59.8 cm³/mol. The van der Waals surface area contributed by atoms with Gasteiger partial charge in [-0.2, -0.15) is 0 Å². The summed E-state index contributed by atoms with van der Waals surface area (Å²) in [6.45, 7) is 4.62. The van der Waals surface area contributed by atoms with E-state index >= 15 is 0 Å². The van der Waals surface area contributed by atoms with Crippen LogP contribution in [0.25, 0.3) is 10.2 Å². The molecule has 15 heavy (non-hydrogen) atoms. The van der Waals surface area contributed by atoms with Crippen molar-refractivity contribution in [2.75, 3.05) is 6.79 Å². The molecule has 1 aliphatic rings. The van der Waals surface area contributed by atoms with E-state index in [1.54, 1.807) is 11.3 Å². The van der Waals surface area contributed by atoms with Crippen LogP contribution in [-0.4, -0.2) is 11.8 Å². The molecule has 1 aromatic heterocycles. The summed E-state index contributed by atoms with van der Waals surface area (Å²) >= 11 is 1.69. The third-order valence-corrected chi connectivity index (χ3v) is 3.77. The maximum absolute atomic E-state index is 5.45. The third kappa shape index (κ3) is 1.28. The fraction of sp³-hybridized carbons (Fsp3) is 0.364. The Kier molecular flexibility index (Phi) is 1.85. The highest BCUT2D eigenvalue weighted by molar-refractivity contribution is 7.19. The largest absolute Gasteiger partial charge is 0.454 e. The van der Waals surface area contributed by atoms with Crippen LogP contribution >= 0.6 is 11.3 Å². The second-order valence-corrected chi connectivity index (χ2v) is 4.89. The number of nitrogens with zero attached hydrogens (tertiary/aromatic N) is 1. The lowest BCUT2D eigenvalue weighted by molar-refractivity contribution is 0.175. The number of rotatable bonds is 1. The van der Waals surface area contributed by atoms with Crippen LogP contribution < -0.4 is 9.47 Å². The third-order valence-electron chi connectivity index (χ3n) is 2.40. The van der Waals surface area contributed by atoms with Gasteiger partial charge in [-0.3, -0.25) is 0 Å². The van der Waals surface area contributed by atoms with Gasteiger partial charge in [0.25, 0.3) is 0 Å². The smallest absolute Gasteiger partial charge is 0.231 e. The second-order valence-electron chi connectivity index (χ2n) is 3.85. The highest BCUT2D eigenvalue weighted by Crippen LogP contribution is 2.42. The molecule has 0 saturated heterocycles. The lowest BCUT2D eigenvalue weighted by Gasteiger charge is -1.95. The molecule has 78 valence electrons. The molecular formula is C11H11NO2S. The monoisotopic (exact) mass is 221 g/mol. The number of benzene rings is 1. The van der Waals surface area contributed by atoms with E-state index in [4.69, 9.17) is 9.47 Å². The summed E-state index contributed by atoms with van der Waals surface area (Å²) in [5.74, 6) is 2.15. The Bertz CT molecular complexity index is 519. The van der Waals surface area contributed by atoms with E-state index < -0.39 is 0 Å². The molecule has 2 heterocycles. The van der Waals surface area contributed by atoms with Crippen molar-refractivity contribution in [3.05, 3.63) is 17.1 Å². The maximum atomic E-state index is 5.45. The first kappa shape index (κ1) is 8.97. The Balaban J connectivity index is 2.27. The van der Waals surface area contributed by atoms with Gasteiger partial charge in [0.05, 0.1) is 10.5 Å². The lowest BCUT2D eigenvalue weighted by atomic mass is 10.2. The average Bonchev–Trinajstić information content (AvgIpc) is 2.82. The van der Waals surface area contributed by atoms with E-state index in [9.17, 15) is 0 Å². The lowest BCUT2D eigenvalue weighted by Crippen LogP contribution is -1.92. The number of hydrogen-bond acceptors (Lipinski definition) is 4. The Morgan fingerprint density at radius 3 is 3.00 bits per heavy atom. The molecule has 0 fully saturated rings. The van der Waals surface area contributed by atoms with Crippen molar-refractivity contribution in [2.24, 2.45) is 0 Å². The van der Waals surface area contributed by atoms with Gasteiger partial charge in [-0.15, -0.1) is 11.3 Å². The van der Waals surface area contributed by atoms with Gasteiger partial charge in [0.15, 0.2) is 11.5 Å². The SMILES string of the molecule is CC(C)c1nc2ccc3c(c2s1)OCO3. The zero-order valence-electron chi connectivity index (χ0n) is 8.61. The van der Waals surface area contributed by atoms with Crippen LogP contribution in [0.2, 0.25) is 0 Å². The summed E-state index contributed by atoms with van der Waals surface area (Å²) in [5.41, 5.74) is 1.01. The first-order chi connectivity index (χ1) is 7.25. The van der Waals surface area contributed by atoms with Crippen LogP contribution in [0.5, 0.6) is 11.5 Å². The Morgan fingerprint density at radius 2 is 2.20 bits per heavy atom. The fourth-order valence-corrected chi connectivity index (χ4v) is 2.68. The van der Waals surface area contributed by atoms with E-state index in [0.717, 1.165) is 26.7 Å². The van der Waals surface area contributed by atoms with Crippen molar-refractivity contribution in [2.45, 2.75) is 19.8 Å². The van der Waals surface area contributed by atoms with Crippen LogP contribution in [0.4, 0.5) is 0 Å². The highest BCUT2D eigenvalue weighted by atomic mass is 32.1. The van der Waals surface area contributed by atoms with Gasteiger partial charge in [0, 0.05) is 5.92 Å². The molecule has 3 nitrogen and oxygen atoms in total. The molecule has 0 N–H and O–H groups in total. The molecule has 3 rings (SSSR count). The molecule has 0 bridgehead atoms. The predicted octanol–water partition coefficient (Wildman–Crippen LogP) is 3.15. The van der Waals surface area contributed by atoms with E-state index in [2.05, 4.69) is 18.8 Å². The molecule has 0 aliphatic carbocycles. The van der Waals surface area contributed by atoms with Gasteiger partial charge < -0.3 is 9.47 Å². The zero-order chi connectivity index (χ0) is 10.4. The molecule has 0 atom stereocenters. The van der Waals surface area contributed by atoms with E-state index in [0.29, 0.717) is 12.7 Å². The average molecular weight is 221 g/mol. The van der Waals surface area contributed by atoms with Crippen molar-refractivity contribution in [1.82, 2.24) is 4.98 Å². The van der Waals surface area contributed by atoms with Gasteiger partial charge in [-0.05, 0) is 12.1 Å². The standard InChI is InChI=1S/C11H11NO2S/c1-6(2)11-12-7-3-4-8-9(10(7)15-11)14-5-13-8/h3-4,6H,5H2,1-2H3. The van der Waals surface area contributed by atoms with Crippen molar-refractivity contribution in [1.29, 1.82) is 0 Å². The first-order valence-corrected chi connectivity index (χ1v) is 5.76. The van der Waals surface area contributed by atoms with Crippen LogP contribution in [0.15, 0.2) is 12.1 Å². The zero-order valence-corrected chi connectivity index (χ0v) is 9.43. The Morgan fingerprint density at radius 1 is 1.33 bits per heavy atom. The topological polar surface area (TPSA) is 31.4 Å². The molecule has 1 aliphatic heterocycles. The van der Waals surface area contributed by atoms with Gasteiger partial charge in [-0.1, -0.05) is 13.8 Å². The van der Waals surface area contributed by atoms with Crippen molar-refractivity contribution in [3.63, 3.8) is 0 Å². The number of aromatic nitrogens is 1. The molecule has 0 amide bonds. The normalized spacial score (nSPS) is 14.1. The number of thiazole rings is 1. The van der Waals surface area contributed by atoms with E-state index in [1.165, 1.54) is 0 Å². The summed E-state index contributed by atoms with van der Waals surface area (Å²) in [4.78, 5) is 4.57. The minimum absolute atomic E-state index is 0.323. The van der Waals surface area contributed by atoms with Gasteiger partial charge in [0.2, 0.25) is 6.79 Å². The highest BCUT2D eigenvalue weighted by Gasteiger charge is 2.20. The summed E-state index contributed by atoms with van der Waals surface area (Å²) in [5, 5.41) is 1.15. The second kappa shape index (κ2) is 3.10. The first-order valence-electron chi connectivity index (χ1n) is 4.95. The van der Waals surface area contributed by atoms with Crippen molar-refractivity contribution >= 4 is 21.6 Å². The van der Waals surface area contributed by atoms with Gasteiger partial charge in [-0.25, -0.2) is 4.98 Å².